The molecule has 1 aromatic heterocycles. The minimum Gasteiger partial charge on any atom is -0.396 e. The number of fused-ring (bicyclic) bond motifs is 1. The van der Waals surface area contributed by atoms with E-state index in [4.69, 9.17) is 5.11 Å². The van der Waals surface area contributed by atoms with Crippen LogP contribution in [0.3, 0.4) is 0 Å². The van der Waals surface area contributed by atoms with Crippen molar-refractivity contribution in [2.24, 2.45) is 0 Å². The molecule has 0 spiro atoms. The van der Waals surface area contributed by atoms with Gasteiger partial charge in [-0.3, -0.25) is 9.78 Å². The Bertz CT molecular complexity index is 549. The van der Waals surface area contributed by atoms with E-state index in [1.54, 1.807) is 6.20 Å². The second-order valence-electron chi connectivity index (χ2n) is 4.46. The van der Waals surface area contributed by atoms with Crippen molar-refractivity contribution in [3.05, 3.63) is 36.5 Å². The number of amides is 1. The molecule has 0 aliphatic heterocycles. The van der Waals surface area contributed by atoms with Crippen LogP contribution in [0.15, 0.2) is 36.5 Å². The quantitative estimate of drug-likeness (QED) is 0.783. The molecule has 100 valence electrons. The molecule has 0 aliphatic carbocycles. The molecule has 4 nitrogen and oxygen atoms in total. The molecule has 0 unspecified atom stereocenters. The van der Waals surface area contributed by atoms with E-state index in [9.17, 15) is 4.79 Å². The van der Waals surface area contributed by atoms with E-state index in [2.05, 4.69) is 10.3 Å². The minimum atomic E-state index is -0.00362. The first-order valence-electron chi connectivity index (χ1n) is 6.56. The number of aromatic nitrogens is 1. The highest BCUT2D eigenvalue weighted by Gasteiger charge is 2.06. The molecule has 1 amide bonds. The highest BCUT2D eigenvalue weighted by atomic mass is 16.2. The van der Waals surface area contributed by atoms with Crippen LogP contribution >= 0.6 is 0 Å². The summed E-state index contributed by atoms with van der Waals surface area (Å²) in [5.41, 5.74) is 1.57. The van der Waals surface area contributed by atoms with Crippen LogP contribution in [-0.4, -0.2) is 22.6 Å². The fraction of sp³-hybridized carbons (Fsp3) is 0.333. The van der Waals surface area contributed by atoms with Crippen LogP contribution in [0.5, 0.6) is 0 Å². The number of aliphatic hydroxyl groups is 1. The van der Waals surface area contributed by atoms with Gasteiger partial charge in [-0.1, -0.05) is 24.6 Å². The number of hydrogen-bond donors (Lipinski definition) is 2. The van der Waals surface area contributed by atoms with Crippen molar-refractivity contribution in [3.63, 3.8) is 0 Å². The normalized spacial score (nSPS) is 10.6. The lowest BCUT2D eigenvalue weighted by Gasteiger charge is -2.07. The summed E-state index contributed by atoms with van der Waals surface area (Å²) >= 11 is 0. The first-order chi connectivity index (χ1) is 9.31. The van der Waals surface area contributed by atoms with Gasteiger partial charge in [-0.15, -0.1) is 0 Å². The van der Waals surface area contributed by atoms with E-state index in [-0.39, 0.29) is 12.5 Å². The van der Waals surface area contributed by atoms with Gasteiger partial charge >= 0.3 is 0 Å². The van der Waals surface area contributed by atoms with Crippen molar-refractivity contribution in [2.75, 3.05) is 11.9 Å². The fourth-order valence-corrected chi connectivity index (χ4v) is 1.99. The van der Waals surface area contributed by atoms with E-state index in [0.29, 0.717) is 6.42 Å². The number of carbonyl (C=O) groups is 1. The summed E-state index contributed by atoms with van der Waals surface area (Å²) in [4.78, 5) is 16.1. The molecular formula is C15H18N2O2. The smallest absolute Gasteiger partial charge is 0.224 e. The van der Waals surface area contributed by atoms with Crippen molar-refractivity contribution >= 4 is 22.5 Å². The number of aliphatic hydroxyl groups excluding tert-OH is 1. The molecule has 1 heterocycles. The summed E-state index contributed by atoms with van der Waals surface area (Å²) in [6.07, 6.45) is 4.62. The number of carbonyl (C=O) groups excluding carboxylic acids is 1. The standard InChI is InChI=1S/C15H18N2O2/c18-11-3-1-2-9-14(19)17-13-8-4-6-12-7-5-10-16-15(12)13/h4-8,10,18H,1-3,9,11H2,(H,17,19). The number of benzene rings is 1. The van der Waals surface area contributed by atoms with Crippen molar-refractivity contribution in [1.82, 2.24) is 4.98 Å². The van der Waals surface area contributed by atoms with Gasteiger partial charge in [0.05, 0.1) is 11.2 Å². The van der Waals surface area contributed by atoms with E-state index >= 15 is 0 Å². The lowest BCUT2D eigenvalue weighted by Crippen LogP contribution is -2.11. The van der Waals surface area contributed by atoms with Gasteiger partial charge < -0.3 is 10.4 Å². The van der Waals surface area contributed by atoms with Crippen LogP contribution in [0, 0.1) is 0 Å². The number of para-hydroxylation sites is 1. The number of anilines is 1. The van der Waals surface area contributed by atoms with Gasteiger partial charge in [0.25, 0.3) is 0 Å². The summed E-state index contributed by atoms with van der Waals surface area (Å²) in [6.45, 7) is 0.189. The maximum atomic E-state index is 11.8. The number of hydrogen-bond acceptors (Lipinski definition) is 3. The maximum absolute atomic E-state index is 11.8. The topological polar surface area (TPSA) is 62.2 Å². The van der Waals surface area contributed by atoms with E-state index in [1.165, 1.54) is 0 Å². The first kappa shape index (κ1) is 13.5. The zero-order valence-electron chi connectivity index (χ0n) is 10.8. The highest BCUT2D eigenvalue weighted by Crippen LogP contribution is 2.20. The fourth-order valence-electron chi connectivity index (χ4n) is 1.99. The van der Waals surface area contributed by atoms with Gasteiger partial charge in [-0.25, -0.2) is 0 Å². The molecule has 0 fully saturated rings. The summed E-state index contributed by atoms with van der Waals surface area (Å²) in [6, 6.07) is 9.59. The monoisotopic (exact) mass is 258 g/mol. The molecule has 2 N–H and O–H groups in total. The summed E-state index contributed by atoms with van der Waals surface area (Å²) in [5.74, 6) is -0.00362. The summed E-state index contributed by atoms with van der Waals surface area (Å²) in [5, 5.41) is 12.6. The van der Waals surface area contributed by atoms with E-state index < -0.39 is 0 Å². The second-order valence-corrected chi connectivity index (χ2v) is 4.46. The van der Waals surface area contributed by atoms with Gasteiger partial charge in [0.2, 0.25) is 5.91 Å². The average Bonchev–Trinajstić information content (AvgIpc) is 2.44. The van der Waals surface area contributed by atoms with Crippen molar-refractivity contribution in [1.29, 1.82) is 0 Å². The summed E-state index contributed by atoms with van der Waals surface area (Å²) < 4.78 is 0. The Hall–Kier alpha value is -1.94. The van der Waals surface area contributed by atoms with Gasteiger partial charge in [0, 0.05) is 24.6 Å². The molecule has 0 atom stereocenters. The molecule has 0 saturated heterocycles. The molecule has 0 aliphatic rings. The minimum absolute atomic E-state index is 0.00362. The highest BCUT2D eigenvalue weighted by molar-refractivity contribution is 6.00. The first-order valence-corrected chi connectivity index (χ1v) is 6.56. The Morgan fingerprint density at radius 3 is 2.84 bits per heavy atom. The Morgan fingerprint density at radius 2 is 2.00 bits per heavy atom. The second kappa shape index (κ2) is 6.85. The van der Waals surface area contributed by atoms with Crippen LogP contribution in [0.2, 0.25) is 0 Å². The van der Waals surface area contributed by atoms with Crippen molar-refractivity contribution in [2.45, 2.75) is 25.7 Å². The number of nitrogens with zero attached hydrogens (tertiary/aromatic N) is 1. The molecule has 0 radical (unpaired) electrons. The molecule has 0 bridgehead atoms. The number of nitrogens with one attached hydrogen (secondary N) is 1. The van der Waals surface area contributed by atoms with Crippen molar-refractivity contribution < 1.29 is 9.90 Å². The van der Waals surface area contributed by atoms with E-state index in [0.717, 1.165) is 35.9 Å². The SMILES string of the molecule is O=C(CCCCCO)Nc1cccc2cccnc12. The average molecular weight is 258 g/mol. The van der Waals surface area contributed by atoms with Crippen LogP contribution < -0.4 is 5.32 Å². The molecule has 2 rings (SSSR count). The Balaban J connectivity index is 1.99. The number of pyridine rings is 1. The third-order valence-corrected chi connectivity index (χ3v) is 2.97. The molecule has 2 aromatic rings. The maximum Gasteiger partial charge on any atom is 0.224 e. The molecular weight excluding hydrogens is 240 g/mol. The Kier molecular flexibility index (Phi) is 4.86. The number of unbranched alkanes of at least 4 members (excludes halogenated alkanes) is 2. The van der Waals surface area contributed by atoms with Crippen LogP contribution in [0.25, 0.3) is 10.9 Å². The zero-order chi connectivity index (χ0) is 13.5. The molecule has 1 aromatic carbocycles. The third-order valence-electron chi connectivity index (χ3n) is 2.97. The van der Waals surface area contributed by atoms with Gasteiger partial charge in [-0.2, -0.15) is 0 Å². The summed E-state index contributed by atoms with van der Waals surface area (Å²) in [7, 11) is 0. The molecule has 4 heteroatoms. The van der Waals surface area contributed by atoms with Crippen molar-refractivity contribution in [3.8, 4) is 0 Å². The van der Waals surface area contributed by atoms with E-state index in [1.807, 2.05) is 30.3 Å². The Morgan fingerprint density at radius 1 is 1.16 bits per heavy atom. The number of rotatable bonds is 6. The largest absolute Gasteiger partial charge is 0.396 e. The molecule has 19 heavy (non-hydrogen) atoms. The third kappa shape index (κ3) is 3.76. The lowest BCUT2D eigenvalue weighted by atomic mass is 10.1. The van der Waals surface area contributed by atoms with Gasteiger partial charge in [-0.05, 0) is 25.0 Å². The Labute approximate surface area is 112 Å². The van der Waals surface area contributed by atoms with Gasteiger partial charge in [0.15, 0.2) is 0 Å². The predicted octanol–water partition coefficient (Wildman–Crippen LogP) is 2.73. The van der Waals surface area contributed by atoms with Crippen LogP contribution in [0.4, 0.5) is 5.69 Å². The van der Waals surface area contributed by atoms with Crippen LogP contribution in [0.1, 0.15) is 25.7 Å². The lowest BCUT2D eigenvalue weighted by molar-refractivity contribution is -0.116. The zero-order valence-corrected chi connectivity index (χ0v) is 10.8. The molecule has 0 saturated carbocycles. The van der Waals surface area contributed by atoms with Crippen LogP contribution in [-0.2, 0) is 4.79 Å². The predicted molar refractivity (Wildman–Crippen MR) is 75.9 cm³/mol. The van der Waals surface area contributed by atoms with Gasteiger partial charge in [0.1, 0.15) is 0 Å².